The topological polar surface area (TPSA) is 86.8 Å². The lowest BCUT2D eigenvalue weighted by Gasteiger charge is -2.35. The van der Waals surface area contributed by atoms with E-state index in [2.05, 4.69) is 5.32 Å². The molecule has 4 aromatic rings. The third kappa shape index (κ3) is 9.05. The number of hydrogen-bond donors (Lipinski definition) is 1. The Hall–Kier alpha value is -4.43. The first-order valence-electron chi connectivity index (χ1n) is 15.2. The van der Waals surface area contributed by atoms with Gasteiger partial charge in [-0.05, 0) is 75.1 Å². The van der Waals surface area contributed by atoms with Gasteiger partial charge in [-0.2, -0.15) is 0 Å². The van der Waals surface area contributed by atoms with Crippen molar-refractivity contribution in [3.05, 3.63) is 131 Å². The first-order chi connectivity index (χ1) is 21.4. The van der Waals surface area contributed by atoms with Crippen LogP contribution >= 0.6 is 0 Å². The van der Waals surface area contributed by atoms with Crippen molar-refractivity contribution in [2.45, 2.75) is 70.5 Å². The van der Waals surface area contributed by atoms with Crippen LogP contribution in [0.1, 0.15) is 49.9 Å². The first-order valence-corrected chi connectivity index (χ1v) is 16.7. The molecule has 7 nitrogen and oxygen atoms in total. The first kappa shape index (κ1) is 33.5. The van der Waals surface area contributed by atoms with E-state index in [0.29, 0.717) is 5.69 Å². The smallest absolute Gasteiger partial charge is 0.264 e. The van der Waals surface area contributed by atoms with Crippen LogP contribution in [0.15, 0.2) is 114 Å². The zero-order valence-corrected chi connectivity index (χ0v) is 27.6. The molecule has 4 aromatic carbocycles. The molecule has 0 saturated heterocycles. The predicted octanol–water partition coefficient (Wildman–Crippen LogP) is 6.31. The number of carbonyl (C=O) groups is 2. The molecule has 0 spiro atoms. The van der Waals surface area contributed by atoms with Crippen LogP contribution in [0.3, 0.4) is 0 Å². The summed E-state index contributed by atoms with van der Waals surface area (Å²) in [6.45, 7) is 9.33. The molecule has 2 amide bonds. The molecule has 1 atom stereocenters. The number of hydrogen-bond acceptors (Lipinski definition) is 4. The Balaban J connectivity index is 1.81. The summed E-state index contributed by atoms with van der Waals surface area (Å²) in [4.78, 5) is 30.1. The molecule has 0 bridgehead atoms. The van der Waals surface area contributed by atoms with Gasteiger partial charge >= 0.3 is 0 Å². The van der Waals surface area contributed by atoms with E-state index < -0.39 is 34.1 Å². The molecule has 0 unspecified atom stereocenters. The van der Waals surface area contributed by atoms with Crippen LogP contribution in [0.5, 0.6) is 0 Å². The van der Waals surface area contributed by atoms with Crippen LogP contribution in [0.25, 0.3) is 0 Å². The van der Waals surface area contributed by atoms with Crippen molar-refractivity contribution < 1.29 is 18.0 Å². The van der Waals surface area contributed by atoms with E-state index in [1.807, 2.05) is 101 Å². The van der Waals surface area contributed by atoms with E-state index >= 15 is 0 Å². The minimum atomic E-state index is -4.13. The summed E-state index contributed by atoms with van der Waals surface area (Å²) in [5.74, 6) is -0.795. The van der Waals surface area contributed by atoms with Gasteiger partial charge in [0.2, 0.25) is 11.8 Å². The van der Waals surface area contributed by atoms with E-state index in [4.69, 9.17) is 0 Å². The van der Waals surface area contributed by atoms with Crippen LogP contribution in [0, 0.1) is 6.92 Å². The van der Waals surface area contributed by atoms with Gasteiger partial charge in [0.15, 0.2) is 0 Å². The molecule has 0 aliphatic carbocycles. The molecule has 4 rings (SSSR count). The molecule has 0 aliphatic heterocycles. The largest absolute Gasteiger partial charge is 0.350 e. The second-order valence-electron chi connectivity index (χ2n) is 12.3. The quantitative estimate of drug-likeness (QED) is 0.200. The average molecular weight is 626 g/mol. The van der Waals surface area contributed by atoms with Crippen LogP contribution in [-0.2, 0) is 39.0 Å². The van der Waals surface area contributed by atoms with Gasteiger partial charge in [-0.3, -0.25) is 13.9 Å². The number of nitrogens with one attached hydrogen (secondary N) is 1. The molecule has 0 aliphatic rings. The molecule has 0 heterocycles. The SMILES string of the molecule is CCc1ccc(N(CC(=O)N(Cc2ccc(C)cc2)[C@H](Cc2ccccc2)C(=O)NC(C)(C)C)S(=O)(=O)c2ccccc2)cc1. The Morgan fingerprint density at radius 3 is 1.87 bits per heavy atom. The monoisotopic (exact) mass is 625 g/mol. The van der Waals surface area contributed by atoms with Gasteiger partial charge in [-0.1, -0.05) is 97.4 Å². The van der Waals surface area contributed by atoms with E-state index in [1.54, 1.807) is 30.3 Å². The molecular formula is C37H43N3O4S. The summed E-state index contributed by atoms with van der Waals surface area (Å²) in [6, 6.07) is 31.7. The van der Waals surface area contributed by atoms with Gasteiger partial charge in [-0.25, -0.2) is 8.42 Å². The summed E-state index contributed by atoms with van der Waals surface area (Å²) in [7, 11) is -4.13. The number of carbonyl (C=O) groups excluding carboxylic acids is 2. The second kappa shape index (κ2) is 14.6. The molecule has 236 valence electrons. The van der Waals surface area contributed by atoms with Crippen LogP contribution in [0.4, 0.5) is 5.69 Å². The Bertz CT molecular complexity index is 1670. The summed E-state index contributed by atoms with van der Waals surface area (Å²) in [5, 5.41) is 3.06. The standard InChI is InChI=1S/C37H43N3O4S/c1-6-29-21-23-32(24-22-29)40(45(43,44)33-15-11-8-12-16-33)27-35(41)39(26-31-19-17-28(2)18-20-31)34(36(42)38-37(3,4)5)25-30-13-9-7-10-14-30/h7-24,34H,6,25-27H2,1-5H3,(H,38,42)/t34-/m1/s1. The third-order valence-electron chi connectivity index (χ3n) is 7.49. The second-order valence-corrected chi connectivity index (χ2v) is 14.2. The highest BCUT2D eigenvalue weighted by atomic mass is 32.2. The Labute approximate surface area is 268 Å². The van der Waals surface area contributed by atoms with E-state index in [9.17, 15) is 18.0 Å². The number of rotatable bonds is 12. The third-order valence-corrected chi connectivity index (χ3v) is 9.27. The highest BCUT2D eigenvalue weighted by Crippen LogP contribution is 2.26. The fourth-order valence-electron chi connectivity index (χ4n) is 5.04. The van der Waals surface area contributed by atoms with Gasteiger partial charge in [0.1, 0.15) is 12.6 Å². The lowest BCUT2D eigenvalue weighted by molar-refractivity contribution is -0.140. The van der Waals surface area contributed by atoms with Crippen molar-refractivity contribution in [2.24, 2.45) is 0 Å². The van der Waals surface area contributed by atoms with Crippen molar-refractivity contribution in [1.29, 1.82) is 0 Å². The summed E-state index contributed by atoms with van der Waals surface area (Å²) in [5.41, 5.74) is 3.66. The highest BCUT2D eigenvalue weighted by Gasteiger charge is 2.35. The van der Waals surface area contributed by atoms with Crippen molar-refractivity contribution in [1.82, 2.24) is 10.2 Å². The lowest BCUT2D eigenvalue weighted by atomic mass is 10.0. The number of sulfonamides is 1. The number of benzene rings is 4. The van der Waals surface area contributed by atoms with Crippen molar-refractivity contribution in [3.8, 4) is 0 Å². The minimum Gasteiger partial charge on any atom is -0.350 e. The molecule has 45 heavy (non-hydrogen) atoms. The molecule has 1 N–H and O–H groups in total. The zero-order chi connectivity index (χ0) is 32.6. The molecule has 0 saturated carbocycles. The zero-order valence-electron chi connectivity index (χ0n) is 26.7. The van der Waals surface area contributed by atoms with Crippen LogP contribution in [0.2, 0.25) is 0 Å². The van der Waals surface area contributed by atoms with Gasteiger partial charge in [0, 0.05) is 18.5 Å². The van der Waals surface area contributed by atoms with Crippen molar-refractivity contribution >= 4 is 27.5 Å². The Morgan fingerprint density at radius 1 is 0.756 bits per heavy atom. The van der Waals surface area contributed by atoms with Crippen LogP contribution in [-0.4, -0.2) is 43.3 Å². The number of aryl methyl sites for hydroxylation is 2. The van der Waals surface area contributed by atoms with E-state index in [1.165, 1.54) is 17.0 Å². The van der Waals surface area contributed by atoms with Crippen LogP contribution < -0.4 is 9.62 Å². The van der Waals surface area contributed by atoms with E-state index in [0.717, 1.165) is 33.0 Å². The number of anilines is 1. The average Bonchev–Trinajstić information content (AvgIpc) is 3.02. The fraction of sp³-hybridized carbons (Fsp3) is 0.297. The fourth-order valence-corrected chi connectivity index (χ4v) is 6.48. The summed E-state index contributed by atoms with van der Waals surface area (Å²) < 4.78 is 29.3. The number of amides is 2. The maximum atomic E-state index is 14.5. The van der Waals surface area contributed by atoms with Crippen molar-refractivity contribution in [3.63, 3.8) is 0 Å². The molecule has 8 heteroatoms. The maximum Gasteiger partial charge on any atom is 0.264 e. The van der Waals surface area contributed by atoms with E-state index in [-0.39, 0.29) is 23.8 Å². The van der Waals surface area contributed by atoms with Gasteiger partial charge in [0.05, 0.1) is 10.6 Å². The van der Waals surface area contributed by atoms with Gasteiger partial charge < -0.3 is 10.2 Å². The normalized spacial score (nSPS) is 12.3. The Kier molecular flexibility index (Phi) is 10.8. The van der Waals surface area contributed by atoms with Crippen molar-refractivity contribution in [2.75, 3.05) is 10.8 Å². The summed E-state index contributed by atoms with van der Waals surface area (Å²) >= 11 is 0. The predicted molar refractivity (Wildman–Crippen MR) is 180 cm³/mol. The molecular weight excluding hydrogens is 582 g/mol. The molecule has 0 fully saturated rings. The Morgan fingerprint density at radius 2 is 1.31 bits per heavy atom. The minimum absolute atomic E-state index is 0.0776. The highest BCUT2D eigenvalue weighted by molar-refractivity contribution is 7.92. The van der Waals surface area contributed by atoms with Gasteiger partial charge in [-0.15, -0.1) is 0 Å². The summed E-state index contributed by atoms with van der Waals surface area (Å²) in [6.07, 6.45) is 1.05. The molecule has 0 radical (unpaired) electrons. The maximum absolute atomic E-state index is 14.5. The number of nitrogens with zero attached hydrogens (tertiary/aromatic N) is 2. The molecule has 0 aromatic heterocycles. The lowest BCUT2D eigenvalue weighted by Crippen LogP contribution is -2.56. The van der Waals surface area contributed by atoms with Gasteiger partial charge in [0.25, 0.3) is 10.0 Å².